The molecule has 0 radical (unpaired) electrons. The van der Waals surface area contributed by atoms with E-state index in [-0.39, 0.29) is 5.91 Å². The molecular formula is C13H15N5OS. The third-order valence-electron chi connectivity index (χ3n) is 3.94. The monoisotopic (exact) mass is 289 g/mol. The van der Waals surface area contributed by atoms with Crippen molar-refractivity contribution in [3.05, 3.63) is 28.2 Å². The SMILES string of the molecule is Cn1nc(C2CC2)nc1C1CN(C(=O)c2cscn2)C1. The van der Waals surface area contributed by atoms with Crippen LogP contribution < -0.4 is 0 Å². The molecule has 0 spiro atoms. The lowest BCUT2D eigenvalue weighted by Gasteiger charge is -2.38. The molecule has 0 bridgehead atoms. The second-order valence-electron chi connectivity index (χ2n) is 5.51. The summed E-state index contributed by atoms with van der Waals surface area (Å²) in [5.41, 5.74) is 2.24. The quantitative estimate of drug-likeness (QED) is 0.856. The lowest BCUT2D eigenvalue weighted by Crippen LogP contribution is -2.49. The lowest BCUT2D eigenvalue weighted by atomic mass is 9.99. The summed E-state index contributed by atoms with van der Waals surface area (Å²) in [4.78, 5) is 22.6. The van der Waals surface area contributed by atoms with Crippen LogP contribution in [0.5, 0.6) is 0 Å². The van der Waals surface area contributed by atoms with Crippen molar-refractivity contribution in [2.45, 2.75) is 24.7 Å². The number of hydrogen-bond donors (Lipinski definition) is 0. The zero-order valence-corrected chi connectivity index (χ0v) is 12.0. The maximum absolute atomic E-state index is 12.1. The Balaban J connectivity index is 1.44. The smallest absolute Gasteiger partial charge is 0.273 e. The number of aromatic nitrogens is 4. The average molecular weight is 289 g/mol. The van der Waals surface area contributed by atoms with Gasteiger partial charge >= 0.3 is 0 Å². The van der Waals surface area contributed by atoms with Gasteiger partial charge < -0.3 is 4.90 Å². The second kappa shape index (κ2) is 4.37. The van der Waals surface area contributed by atoms with Gasteiger partial charge in [0.2, 0.25) is 0 Å². The van der Waals surface area contributed by atoms with Crippen LogP contribution in [0.3, 0.4) is 0 Å². The highest BCUT2D eigenvalue weighted by Crippen LogP contribution is 2.39. The Kier molecular flexibility index (Phi) is 2.63. The number of carbonyl (C=O) groups excluding carboxylic acids is 1. The molecule has 20 heavy (non-hydrogen) atoms. The predicted octanol–water partition coefficient (Wildman–Crippen LogP) is 1.39. The average Bonchev–Trinajstić information content (AvgIpc) is 2.95. The molecule has 2 fully saturated rings. The molecule has 0 atom stereocenters. The number of thiazole rings is 1. The largest absolute Gasteiger partial charge is 0.336 e. The Morgan fingerprint density at radius 1 is 1.35 bits per heavy atom. The Morgan fingerprint density at radius 2 is 2.15 bits per heavy atom. The summed E-state index contributed by atoms with van der Waals surface area (Å²) in [6.07, 6.45) is 2.42. The van der Waals surface area contributed by atoms with Gasteiger partial charge in [-0.2, -0.15) is 5.10 Å². The molecule has 1 aliphatic heterocycles. The van der Waals surface area contributed by atoms with E-state index in [0.717, 1.165) is 11.6 Å². The van der Waals surface area contributed by atoms with Gasteiger partial charge in [-0.15, -0.1) is 11.3 Å². The topological polar surface area (TPSA) is 63.9 Å². The summed E-state index contributed by atoms with van der Waals surface area (Å²) in [7, 11) is 1.94. The maximum Gasteiger partial charge on any atom is 0.273 e. The highest BCUT2D eigenvalue weighted by atomic mass is 32.1. The van der Waals surface area contributed by atoms with Crippen molar-refractivity contribution in [3.63, 3.8) is 0 Å². The summed E-state index contributed by atoms with van der Waals surface area (Å²) in [6, 6.07) is 0. The minimum absolute atomic E-state index is 0.0204. The number of carbonyl (C=O) groups is 1. The molecule has 1 saturated carbocycles. The molecule has 0 unspecified atom stereocenters. The van der Waals surface area contributed by atoms with Crippen molar-refractivity contribution < 1.29 is 4.79 Å². The van der Waals surface area contributed by atoms with Gasteiger partial charge in [0, 0.05) is 31.4 Å². The Bertz CT molecular complexity index is 640. The number of nitrogens with zero attached hydrogens (tertiary/aromatic N) is 5. The molecule has 2 aromatic rings. The molecule has 2 aliphatic rings. The van der Waals surface area contributed by atoms with Crippen LogP contribution in [0.25, 0.3) is 0 Å². The summed E-state index contributed by atoms with van der Waals surface area (Å²) in [5, 5.41) is 6.28. The van der Waals surface area contributed by atoms with E-state index < -0.39 is 0 Å². The van der Waals surface area contributed by atoms with Crippen LogP contribution in [-0.2, 0) is 7.05 Å². The molecule has 4 rings (SSSR count). The Hall–Kier alpha value is -1.76. The molecule has 1 saturated heterocycles. The van der Waals surface area contributed by atoms with E-state index in [1.807, 2.05) is 16.6 Å². The first-order chi connectivity index (χ1) is 9.72. The van der Waals surface area contributed by atoms with E-state index in [1.54, 1.807) is 10.9 Å². The van der Waals surface area contributed by atoms with Crippen molar-refractivity contribution in [3.8, 4) is 0 Å². The second-order valence-corrected chi connectivity index (χ2v) is 6.23. The number of rotatable bonds is 3. The van der Waals surface area contributed by atoms with Gasteiger partial charge in [-0.3, -0.25) is 9.48 Å². The fourth-order valence-corrected chi connectivity index (χ4v) is 3.10. The lowest BCUT2D eigenvalue weighted by molar-refractivity contribution is 0.0585. The molecule has 6 nitrogen and oxygen atoms in total. The fourth-order valence-electron chi connectivity index (χ4n) is 2.57. The van der Waals surface area contributed by atoms with Crippen LogP contribution in [0.4, 0.5) is 0 Å². The van der Waals surface area contributed by atoms with Gasteiger partial charge in [0.1, 0.15) is 11.5 Å². The van der Waals surface area contributed by atoms with Gasteiger partial charge in [-0.05, 0) is 12.8 Å². The van der Waals surface area contributed by atoms with Gasteiger partial charge in [-0.25, -0.2) is 9.97 Å². The molecule has 1 aliphatic carbocycles. The molecule has 104 valence electrons. The molecule has 3 heterocycles. The molecular weight excluding hydrogens is 274 g/mol. The van der Waals surface area contributed by atoms with E-state index in [0.29, 0.717) is 30.6 Å². The number of likely N-dealkylation sites (tertiary alicyclic amines) is 1. The highest BCUT2D eigenvalue weighted by molar-refractivity contribution is 7.07. The molecule has 1 amide bonds. The molecule has 0 aromatic carbocycles. The van der Waals surface area contributed by atoms with E-state index in [4.69, 9.17) is 0 Å². The zero-order chi connectivity index (χ0) is 13.7. The van der Waals surface area contributed by atoms with Crippen LogP contribution in [0.1, 0.15) is 46.8 Å². The van der Waals surface area contributed by atoms with Gasteiger partial charge in [0.25, 0.3) is 5.91 Å². The van der Waals surface area contributed by atoms with Crippen molar-refractivity contribution in [1.29, 1.82) is 0 Å². The number of aryl methyl sites for hydroxylation is 1. The third kappa shape index (κ3) is 1.93. The van der Waals surface area contributed by atoms with Gasteiger partial charge in [-0.1, -0.05) is 0 Å². The first-order valence-electron chi connectivity index (χ1n) is 6.80. The zero-order valence-electron chi connectivity index (χ0n) is 11.2. The summed E-state index contributed by atoms with van der Waals surface area (Å²) < 4.78 is 1.88. The predicted molar refractivity (Wildman–Crippen MR) is 73.7 cm³/mol. The number of amides is 1. The summed E-state index contributed by atoms with van der Waals surface area (Å²) in [5.74, 6) is 2.89. The van der Waals surface area contributed by atoms with Crippen molar-refractivity contribution in [2.24, 2.45) is 7.05 Å². The van der Waals surface area contributed by atoms with E-state index >= 15 is 0 Å². The first-order valence-corrected chi connectivity index (χ1v) is 7.75. The third-order valence-corrected chi connectivity index (χ3v) is 4.53. The first kappa shape index (κ1) is 12.0. The van der Waals surface area contributed by atoms with Crippen molar-refractivity contribution >= 4 is 17.2 Å². The minimum atomic E-state index is 0.0204. The van der Waals surface area contributed by atoms with E-state index in [9.17, 15) is 4.79 Å². The maximum atomic E-state index is 12.1. The molecule has 7 heteroatoms. The molecule has 0 N–H and O–H groups in total. The van der Waals surface area contributed by atoms with Crippen LogP contribution in [0.15, 0.2) is 10.9 Å². The van der Waals surface area contributed by atoms with Crippen molar-refractivity contribution in [1.82, 2.24) is 24.6 Å². The van der Waals surface area contributed by atoms with E-state index in [2.05, 4.69) is 15.1 Å². The Labute approximate surface area is 120 Å². The van der Waals surface area contributed by atoms with Crippen LogP contribution >= 0.6 is 11.3 Å². The number of hydrogen-bond acceptors (Lipinski definition) is 5. The Morgan fingerprint density at radius 3 is 2.80 bits per heavy atom. The fraction of sp³-hybridized carbons (Fsp3) is 0.538. The van der Waals surface area contributed by atoms with Crippen molar-refractivity contribution in [2.75, 3.05) is 13.1 Å². The molecule has 2 aromatic heterocycles. The van der Waals surface area contributed by atoms with Gasteiger partial charge in [0.15, 0.2) is 5.82 Å². The summed E-state index contributed by atoms with van der Waals surface area (Å²) in [6.45, 7) is 1.43. The normalized spacial score (nSPS) is 19.1. The highest BCUT2D eigenvalue weighted by Gasteiger charge is 2.37. The van der Waals surface area contributed by atoms with E-state index in [1.165, 1.54) is 24.2 Å². The van der Waals surface area contributed by atoms with Gasteiger partial charge in [0.05, 0.1) is 11.4 Å². The van der Waals surface area contributed by atoms with Crippen LogP contribution in [0, 0.1) is 0 Å². The minimum Gasteiger partial charge on any atom is -0.336 e. The van der Waals surface area contributed by atoms with Crippen LogP contribution in [-0.4, -0.2) is 43.6 Å². The standard InChI is InChI=1S/C13H15N5OS/c1-17-12(15-11(16-17)8-2-3-8)9-4-18(5-9)13(19)10-6-20-7-14-10/h6-9H,2-5H2,1H3. The van der Waals surface area contributed by atoms with Crippen LogP contribution in [0.2, 0.25) is 0 Å². The summed E-state index contributed by atoms with van der Waals surface area (Å²) >= 11 is 1.45.